The lowest BCUT2D eigenvalue weighted by Gasteiger charge is -2.26. The van der Waals surface area contributed by atoms with Crippen LogP contribution in [0.2, 0.25) is 0 Å². The first-order chi connectivity index (χ1) is 25.0. The Labute approximate surface area is 300 Å². The third-order valence-corrected chi connectivity index (χ3v) is 9.73. The molecule has 7 rings (SSSR count). The minimum Gasteiger partial charge on any atom is -0.488 e. The molecule has 9 heteroatoms. The molecule has 0 spiro atoms. The molecule has 1 aliphatic carbocycles. The maximum Gasteiger partial charge on any atom is 0.274 e. The van der Waals surface area contributed by atoms with E-state index in [9.17, 15) is 4.79 Å². The van der Waals surface area contributed by atoms with Gasteiger partial charge in [-0.2, -0.15) is 0 Å². The van der Waals surface area contributed by atoms with Crippen molar-refractivity contribution in [1.29, 1.82) is 0 Å². The lowest BCUT2D eigenvalue weighted by atomic mass is 10.00. The average Bonchev–Trinajstić information content (AvgIpc) is 3.85. The van der Waals surface area contributed by atoms with Gasteiger partial charge in [-0.15, -0.1) is 5.10 Å². The zero-order valence-corrected chi connectivity index (χ0v) is 29.6. The van der Waals surface area contributed by atoms with Crippen molar-refractivity contribution < 1.29 is 19.0 Å². The number of hydrogen-bond donors (Lipinski definition) is 1. The predicted octanol–water partition coefficient (Wildman–Crippen LogP) is 7.72. The molecule has 5 aromatic rings. The van der Waals surface area contributed by atoms with Crippen molar-refractivity contribution in [2.24, 2.45) is 0 Å². The van der Waals surface area contributed by atoms with Gasteiger partial charge in [0, 0.05) is 37.3 Å². The number of rotatable bonds is 13. The van der Waals surface area contributed by atoms with Crippen LogP contribution in [0.3, 0.4) is 0 Å². The van der Waals surface area contributed by atoms with E-state index in [1.54, 1.807) is 4.68 Å². The standard InChI is InChI=1S/C42H47N5O4/c1-30(2)36-25-37(39(51-29-33-13-7-4-8-14-33)26-38(36)50-28-32-11-5-3-6-12-32)47-41(40(44-45-47)42(48)43-35-15-9-10-16-35)34-19-17-31(18-20-34)27-46-21-23-49-24-22-46/h3-8,11-14,17-20,25-26,30,35H,9-10,15-16,21-24,27-29H2,1-2H3,(H,43,48). The van der Waals surface area contributed by atoms with Crippen molar-refractivity contribution in [1.82, 2.24) is 25.2 Å². The number of morpholine rings is 1. The molecular formula is C42H47N5O4. The monoisotopic (exact) mass is 685 g/mol. The Balaban J connectivity index is 1.30. The minimum atomic E-state index is -0.209. The first-order valence-electron chi connectivity index (χ1n) is 18.2. The lowest BCUT2D eigenvalue weighted by molar-refractivity contribution is 0.0342. The molecule has 264 valence electrons. The molecule has 51 heavy (non-hydrogen) atoms. The largest absolute Gasteiger partial charge is 0.488 e. The first kappa shape index (κ1) is 34.5. The topological polar surface area (TPSA) is 90.7 Å². The number of benzene rings is 4. The van der Waals surface area contributed by atoms with Gasteiger partial charge >= 0.3 is 0 Å². The predicted molar refractivity (Wildman–Crippen MR) is 198 cm³/mol. The van der Waals surface area contributed by atoms with E-state index < -0.39 is 0 Å². The number of amides is 1. The maximum atomic E-state index is 13.9. The molecule has 1 aromatic heterocycles. The number of nitrogens with zero attached hydrogens (tertiary/aromatic N) is 4. The Hall–Kier alpha value is -4.99. The molecule has 1 saturated heterocycles. The smallest absolute Gasteiger partial charge is 0.274 e. The molecule has 2 fully saturated rings. The summed E-state index contributed by atoms with van der Waals surface area (Å²) >= 11 is 0. The number of aromatic nitrogens is 3. The van der Waals surface area contributed by atoms with Crippen LogP contribution in [0.25, 0.3) is 16.9 Å². The summed E-state index contributed by atoms with van der Waals surface area (Å²) in [6, 6.07) is 32.8. The Bertz CT molecular complexity index is 1880. The second-order valence-corrected chi connectivity index (χ2v) is 13.8. The van der Waals surface area contributed by atoms with Crippen molar-refractivity contribution in [2.45, 2.75) is 71.2 Å². The van der Waals surface area contributed by atoms with Crippen LogP contribution in [-0.2, 0) is 24.5 Å². The summed E-state index contributed by atoms with van der Waals surface area (Å²) in [6.45, 7) is 9.26. The molecule has 2 aliphatic rings. The fourth-order valence-electron chi connectivity index (χ4n) is 6.87. The molecule has 1 N–H and O–H groups in total. The van der Waals surface area contributed by atoms with Gasteiger partial charge in [-0.05, 0) is 47.1 Å². The fraction of sp³-hybridized carbons (Fsp3) is 0.357. The lowest BCUT2D eigenvalue weighted by Crippen LogP contribution is -2.35. The Kier molecular flexibility index (Phi) is 11.1. The second-order valence-electron chi connectivity index (χ2n) is 13.8. The normalized spacial score (nSPS) is 15.3. The Morgan fingerprint density at radius 2 is 1.45 bits per heavy atom. The molecule has 2 heterocycles. The molecule has 9 nitrogen and oxygen atoms in total. The van der Waals surface area contributed by atoms with E-state index in [2.05, 4.69) is 76.8 Å². The maximum absolute atomic E-state index is 13.9. The molecular weight excluding hydrogens is 638 g/mol. The zero-order chi connectivity index (χ0) is 35.0. The third-order valence-electron chi connectivity index (χ3n) is 9.73. The number of carbonyl (C=O) groups is 1. The molecule has 1 saturated carbocycles. The van der Waals surface area contributed by atoms with Gasteiger partial charge in [-0.3, -0.25) is 9.69 Å². The summed E-state index contributed by atoms with van der Waals surface area (Å²) in [5.74, 6) is 1.26. The SMILES string of the molecule is CC(C)c1cc(-n2nnc(C(=O)NC3CCCC3)c2-c2ccc(CN3CCOCC3)cc2)c(OCc2ccccc2)cc1OCc1ccccc1. The van der Waals surface area contributed by atoms with E-state index in [-0.39, 0.29) is 17.9 Å². The quantitative estimate of drug-likeness (QED) is 0.136. The van der Waals surface area contributed by atoms with Crippen molar-refractivity contribution in [3.05, 3.63) is 125 Å². The molecule has 0 radical (unpaired) electrons. The average molecular weight is 686 g/mol. The fourth-order valence-corrected chi connectivity index (χ4v) is 6.87. The van der Waals surface area contributed by atoms with Crippen LogP contribution in [0.4, 0.5) is 0 Å². The van der Waals surface area contributed by atoms with Crippen LogP contribution in [0.15, 0.2) is 97.1 Å². The summed E-state index contributed by atoms with van der Waals surface area (Å²) in [4.78, 5) is 16.3. The van der Waals surface area contributed by atoms with Gasteiger partial charge < -0.3 is 19.5 Å². The highest BCUT2D eigenvalue weighted by Gasteiger charge is 2.28. The Morgan fingerprint density at radius 3 is 2.08 bits per heavy atom. The van der Waals surface area contributed by atoms with Gasteiger partial charge in [-0.25, -0.2) is 4.68 Å². The van der Waals surface area contributed by atoms with E-state index >= 15 is 0 Å². The van der Waals surface area contributed by atoms with Crippen LogP contribution < -0.4 is 14.8 Å². The number of carbonyl (C=O) groups excluding carboxylic acids is 1. The molecule has 1 amide bonds. The van der Waals surface area contributed by atoms with E-state index in [1.165, 1.54) is 5.56 Å². The number of hydrogen-bond acceptors (Lipinski definition) is 7. The first-order valence-corrected chi connectivity index (χ1v) is 18.2. The highest BCUT2D eigenvalue weighted by atomic mass is 16.5. The van der Waals surface area contributed by atoms with E-state index in [0.29, 0.717) is 36.0 Å². The zero-order valence-electron chi connectivity index (χ0n) is 29.6. The van der Waals surface area contributed by atoms with Gasteiger partial charge in [0.2, 0.25) is 0 Å². The van der Waals surface area contributed by atoms with Crippen LogP contribution >= 0.6 is 0 Å². The highest BCUT2D eigenvalue weighted by Crippen LogP contribution is 2.39. The molecule has 4 aromatic carbocycles. The third kappa shape index (κ3) is 8.49. The minimum absolute atomic E-state index is 0.134. The molecule has 0 unspecified atom stereocenters. The second kappa shape index (κ2) is 16.4. The summed E-state index contributed by atoms with van der Waals surface area (Å²) in [5, 5.41) is 12.5. The van der Waals surface area contributed by atoms with Crippen molar-refractivity contribution in [2.75, 3.05) is 26.3 Å². The number of nitrogens with one attached hydrogen (secondary N) is 1. The summed E-state index contributed by atoms with van der Waals surface area (Å²) < 4.78 is 20.4. The number of ether oxygens (including phenoxy) is 3. The molecule has 0 atom stereocenters. The van der Waals surface area contributed by atoms with Crippen LogP contribution in [0, 0.1) is 0 Å². The van der Waals surface area contributed by atoms with Gasteiger partial charge in [-0.1, -0.05) is 117 Å². The van der Waals surface area contributed by atoms with Gasteiger partial charge in [0.05, 0.1) is 13.2 Å². The van der Waals surface area contributed by atoms with Crippen molar-refractivity contribution >= 4 is 5.91 Å². The van der Waals surface area contributed by atoms with Crippen LogP contribution in [-0.4, -0.2) is 58.1 Å². The summed E-state index contributed by atoms with van der Waals surface area (Å²) in [7, 11) is 0. The van der Waals surface area contributed by atoms with Gasteiger partial charge in [0.25, 0.3) is 5.91 Å². The van der Waals surface area contributed by atoms with Gasteiger partial charge in [0.15, 0.2) is 5.69 Å². The van der Waals surface area contributed by atoms with E-state index in [1.807, 2.05) is 54.6 Å². The molecule has 0 bridgehead atoms. The summed E-state index contributed by atoms with van der Waals surface area (Å²) in [6.07, 6.45) is 4.19. The Morgan fingerprint density at radius 1 is 0.824 bits per heavy atom. The highest BCUT2D eigenvalue weighted by molar-refractivity contribution is 5.98. The van der Waals surface area contributed by atoms with Crippen LogP contribution in [0.5, 0.6) is 11.5 Å². The van der Waals surface area contributed by atoms with Gasteiger partial charge in [0.1, 0.15) is 36.1 Å². The van der Waals surface area contributed by atoms with Crippen LogP contribution in [0.1, 0.15) is 78.2 Å². The van der Waals surface area contributed by atoms with Crippen molar-refractivity contribution in [3.8, 4) is 28.4 Å². The van der Waals surface area contributed by atoms with E-state index in [4.69, 9.17) is 14.2 Å². The van der Waals surface area contributed by atoms with Crippen molar-refractivity contribution in [3.63, 3.8) is 0 Å². The van der Waals surface area contributed by atoms with E-state index in [0.717, 1.165) is 86.5 Å². The molecule has 1 aliphatic heterocycles. The summed E-state index contributed by atoms with van der Waals surface area (Å²) in [5.41, 5.74) is 6.80.